The van der Waals surface area contributed by atoms with Crippen molar-refractivity contribution in [3.8, 4) is 11.5 Å². The molecule has 38 heavy (non-hydrogen) atoms. The molecule has 0 radical (unpaired) electrons. The second-order valence-corrected chi connectivity index (χ2v) is 10.2. The fourth-order valence-electron chi connectivity index (χ4n) is 4.32. The molecule has 1 aliphatic rings. The minimum atomic E-state index is -0.619. The number of hydrogen-bond donors (Lipinski definition) is 3. The summed E-state index contributed by atoms with van der Waals surface area (Å²) in [5, 5.41) is 22.5. The number of aromatic hydroxyl groups is 1. The van der Waals surface area contributed by atoms with E-state index in [4.69, 9.17) is 21.4 Å². The molecule has 0 aliphatic carbocycles. The molecule has 4 aromatic rings. The molecule has 3 N–H and O–H groups in total. The van der Waals surface area contributed by atoms with Gasteiger partial charge < -0.3 is 20.5 Å². The highest BCUT2D eigenvalue weighted by Crippen LogP contribution is 2.40. The average Bonchev–Trinajstić information content (AvgIpc) is 3.31. The van der Waals surface area contributed by atoms with Crippen molar-refractivity contribution >= 4 is 40.9 Å². The van der Waals surface area contributed by atoms with Crippen molar-refractivity contribution < 1.29 is 14.6 Å². The molecule has 5 rings (SSSR count). The Hall–Kier alpha value is -3.95. The lowest BCUT2D eigenvalue weighted by molar-refractivity contribution is -0.113. The molecule has 1 atom stereocenters. The number of allylic oxidation sites excluding steroid dienone is 1. The van der Waals surface area contributed by atoms with Crippen molar-refractivity contribution in [3.05, 3.63) is 99.7 Å². The second-order valence-electron chi connectivity index (χ2n) is 8.81. The van der Waals surface area contributed by atoms with Gasteiger partial charge in [-0.15, -0.1) is 5.10 Å². The number of para-hydroxylation sites is 1. The smallest absolute Gasteiger partial charge is 0.255 e. The number of aryl methyl sites for hydroxylation is 1. The number of phenolic OH excluding ortho intramolecular Hbond substituents is 1. The molecule has 0 spiro atoms. The third kappa shape index (κ3) is 5.07. The number of carbonyl (C=O) groups excluding carboxylic acids is 1. The number of phenols is 1. The Morgan fingerprint density at radius 1 is 1.16 bits per heavy atom. The minimum absolute atomic E-state index is 0.00611. The van der Waals surface area contributed by atoms with Crippen LogP contribution in [0.3, 0.4) is 0 Å². The summed E-state index contributed by atoms with van der Waals surface area (Å²) in [7, 11) is 1.48. The van der Waals surface area contributed by atoms with Gasteiger partial charge in [-0.25, -0.2) is 4.68 Å². The SMILES string of the molecule is COc1cc(C2C(C(=O)Nc3ccccc3C)=C(C)Nc3nc(SCc4ccccc4Cl)nn32)ccc1O. The molecular formula is C28H26ClN5O3S. The Kier molecular flexibility index (Phi) is 7.31. The summed E-state index contributed by atoms with van der Waals surface area (Å²) in [6, 6.07) is 19.7. The first-order valence-corrected chi connectivity index (χ1v) is 13.3. The van der Waals surface area contributed by atoms with Gasteiger partial charge in [0.05, 0.1) is 12.7 Å². The molecule has 0 fully saturated rings. The molecule has 0 saturated carbocycles. The zero-order valence-electron chi connectivity index (χ0n) is 21.0. The van der Waals surface area contributed by atoms with Crippen LogP contribution in [0.25, 0.3) is 0 Å². The monoisotopic (exact) mass is 547 g/mol. The third-order valence-corrected chi connectivity index (χ3v) is 7.56. The Balaban J connectivity index is 1.54. The van der Waals surface area contributed by atoms with Crippen LogP contribution < -0.4 is 15.4 Å². The van der Waals surface area contributed by atoms with Crippen molar-refractivity contribution in [2.45, 2.75) is 30.8 Å². The summed E-state index contributed by atoms with van der Waals surface area (Å²) in [5.41, 5.74) is 4.49. The summed E-state index contributed by atoms with van der Waals surface area (Å²) in [5.74, 6) is 1.13. The highest BCUT2D eigenvalue weighted by atomic mass is 35.5. The van der Waals surface area contributed by atoms with Crippen LogP contribution in [0.2, 0.25) is 5.02 Å². The van der Waals surface area contributed by atoms with E-state index in [0.29, 0.717) is 44.5 Å². The van der Waals surface area contributed by atoms with Gasteiger partial charge in [-0.2, -0.15) is 4.98 Å². The van der Waals surface area contributed by atoms with Crippen LogP contribution in [0.4, 0.5) is 11.6 Å². The van der Waals surface area contributed by atoms with Crippen molar-refractivity contribution in [3.63, 3.8) is 0 Å². The maximum absolute atomic E-state index is 13.7. The molecule has 10 heteroatoms. The highest BCUT2D eigenvalue weighted by Gasteiger charge is 2.35. The first-order chi connectivity index (χ1) is 18.4. The molecule has 8 nitrogen and oxygen atoms in total. The summed E-state index contributed by atoms with van der Waals surface area (Å²) >= 11 is 7.78. The average molecular weight is 548 g/mol. The Labute approximate surface area is 229 Å². The zero-order valence-corrected chi connectivity index (χ0v) is 22.6. The molecule has 194 valence electrons. The number of benzene rings is 3. The van der Waals surface area contributed by atoms with E-state index in [-0.39, 0.29) is 11.7 Å². The largest absolute Gasteiger partial charge is 0.504 e. The predicted octanol–water partition coefficient (Wildman–Crippen LogP) is 6.17. The Morgan fingerprint density at radius 2 is 1.92 bits per heavy atom. The Bertz CT molecular complexity index is 1550. The van der Waals surface area contributed by atoms with Crippen molar-refractivity contribution in [2.75, 3.05) is 17.7 Å². The lowest BCUT2D eigenvalue weighted by Crippen LogP contribution is -2.31. The number of rotatable bonds is 7. The van der Waals surface area contributed by atoms with Gasteiger partial charge in [0.1, 0.15) is 6.04 Å². The van der Waals surface area contributed by atoms with Gasteiger partial charge in [0, 0.05) is 22.2 Å². The fourth-order valence-corrected chi connectivity index (χ4v) is 5.43. The number of amides is 1. The maximum atomic E-state index is 13.7. The van der Waals surface area contributed by atoms with E-state index in [1.807, 2.05) is 62.4 Å². The van der Waals surface area contributed by atoms with Gasteiger partial charge in [0.2, 0.25) is 11.1 Å². The van der Waals surface area contributed by atoms with E-state index in [0.717, 1.165) is 16.8 Å². The lowest BCUT2D eigenvalue weighted by Gasteiger charge is -2.29. The van der Waals surface area contributed by atoms with Gasteiger partial charge >= 0.3 is 0 Å². The zero-order chi connectivity index (χ0) is 26.8. The molecule has 1 unspecified atom stereocenters. The van der Waals surface area contributed by atoms with Crippen molar-refractivity contribution in [2.24, 2.45) is 0 Å². The van der Waals surface area contributed by atoms with Gasteiger partial charge in [-0.1, -0.05) is 65.8 Å². The number of methoxy groups -OCH3 is 1. The number of fused-ring (bicyclic) bond motifs is 1. The third-order valence-electron chi connectivity index (χ3n) is 6.31. The second kappa shape index (κ2) is 10.8. The van der Waals surface area contributed by atoms with Crippen LogP contribution in [-0.2, 0) is 10.5 Å². The first-order valence-electron chi connectivity index (χ1n) is 11.9. The fraction of sp³-hybridized carbons (Fsp3) is 0.179. The van der Waals surface area contributed by atoms with Crippen LogP contribution in [0, 0.1) is 6.92 Å². The molecule has 2 heterocycles. The van der Waals surface area contributed by atoms with E-state index in [9.17, 15) is 9.90 Å². The number of carbonyl (C=O) groups is 1. The first kappa shape index (κ1) is 25.7. The molecule has 1 aromatic heterocycles. The number of aromatic nitrogens is 3. The number of thioether (sulfide) groups is 1. The lowest BCUT2D eigenvalue weighted by atomic mass is 9.94. The summed E-state index contributed by atoms with van der Waals surface area (Å²) < 4.78 is 7.05. The number of ether oxygens (including phenoxy) is 1. The molecule has 0 saturated heterocycles. The number of nitrogens with one attached hydrogen (secondary N) is 2. The number of nitrogens with zero attached hydrogens (tertiary/aromatic N) is 3. The molecule has 1 aliphatic heterocycles. The minimum Gasteiger partial charge on any atom is -0.504 e. The van der Waals surface area contributed by atoms with Gasteiger partial charge in [0.25, 0.3) is 5.91 Å². The van der Waals surface area contributed by atoms with Crippen molar-refractivity contribution in [1.29, 1.82) is 0 Å². The summed E-state index contributed by atoms with van der Waals surface area (Å²) in [4.78, 5) is 18.4. The van der Waals surface area contributed by atoms with Gasteiger partial charge in [0.15, 0.2) is 11.5 Å². The molecule has 1 amide bonds. The summed E-state index contributed by atoms with van der Waals surface area (Å²) in [6.07, 6.45) is 0. The molecular weight excluding hydrogens is 522 g/mol. The number of hydrogen-bond acceptors (Lipinski definition) is 7. The van der Waals surface area contributed by atoms with Crippen LogP contribution in [0.15, 0.2) is 83.2 Å². The summed E-state index contributed by atoms with van der Waals surface area (Å²) in [6.45, 7) is 3.78. The van der Waals surface area contributed by atoms with Crippen LogP contribution in [-0.4, -0.2) is 32.9 Å². The molecule has 0 bridgehead atoms. The normalized spacial score (nSPS) is 14.6. The van der Waals surface area contributed by atoms with E-state index < -0.39 is 6.04 Å². The maximum Gasteiger partial charge on any atom is 0.255 e. The van der Waals surface area contributed by atoms with E-state index in [1.54, 1.807) is 22.9 Å². The van der Waals surface area contributed by atoms with Gasteiger partial charge in [-0.3, -0.25) is 4.79 Å². The topological polar surface area (TPSA) is 101 Å². The Morgan fingerprint density at radius 3 is 2.68 bits per heavy atom. The molecule has 3 aromatic carbocycles. The standard InChI is InChI=1S/C28H26ClN5O3S/c1-16-8-4-7-11-21(16)31-26(36)24-17(2)30-27-32-28(38-15-19-9-5-6-10-20(19)29)33-34(27)25(24)18-12-13-22(35)23(14-18)37-3/h4-14,25,35H,15H2,1-3H3,(H,31,36)(H,30,32,33). The van der Waals surface area contributed by atoms with Crippen LogP contribution in [0.1, 0.15) is 29.7 Å². The van der Waals surface area contributed by atoms with Crippen LogP contribution >= 0.6 is 23.4 Å². The van der Waals surface area contributed by atoms with Crippen molar-refractivity contribution in [1.82, 2.24) is 14.8 Å². The van der Waals surface area contributed by atoms with Crippen LogP contribution in [0.5, 0.6) is 11.5 Å². The quantitative estimate of drug-likeness (QED) is 0.238. The number of halogens is 1. The van der Waals surface area contributed by atoms with E-state index in [1.165, 1.54) is 18.9 Å². The highest BCUT2D eigenvalue weighted by molar-refractivity contribution is 7.98. The van der Waals surface area contributed by atoms with Gasteiger partial charge in [-0.05, 0) is 54.8 Å². The predicted molar refractivity (Wildman–Crippen MR) is 150 cm³/mol. The number of anilines is 2. The van der Waals surface area contributed by atoms with E-state index >= 15 is 0 Å². The van der Waals surface area contributed by atoms with E-state index in [2.05, 4.69) is 15.6 Å².